The molecule has 0 saturated heterocycles. The number of aromatic amines is 1. The van der Waals surface area contributed by atoms with Gasteiger partial charge in [0, 0.05) is 126 Å². The molecular weight excluding hydrogens is 1470 g/mol. The maximum absolute atomic E-state index is 11.8. The van der Waals surface area contributed by atoms with Crippen molar-refractivity contribution in [3.63, 3.8) is 0 Å². The van der Waals surface area contributed by atoms with Gasteiger partial charge in [0.25, 0.3) is 5.78 Å². The average Bonchev–Trinajstić information content (AvgIpc) is 1.61. The van der Waals surface area contributed by atoms with Crippen molar-refractivity contribution in [3.05, 3.63) is 314 Å². The van der Waals surface area contributed by atoms with Crippen molar-refractivity contribution in [1.82, 2.24) is 39.4 Å². The van der Waals surface area contributed by atoms with Gasteiger partial charge in [0.2, 0.25) is 5.76 Å². The maximum Gasteiger partial charge on any atom is 0.779 e. The summed E-state index contributed by atoms with van der Waals surface area (Å²) in [4.78, 5) is 69.8. The van der Waals surface area contributed by atoms with E-state index in [4.69, 9.17) is 20.4 Å². The summed E-state index contributed by atoms with van der Waals surface area (Å²) in [6.07, 6.45) is 15.5. The summed E-state index contributed by atoms with van der Waals surface area (Å²) in [5.41, 5.74) is 4.04. The van der Waals surface area contributed by atoms with Gasteiger partial charge in [0.05, 0.1) is 35.6 Å². The van der Waals surface area contributed by atoms with Crippen LogP contribution in [0.1, 0.15) is 87.4 Å². The number of quaternary nitrogens is 1. The van der Waals surface area contributed by atoms with E-state index in [0.717, 1.165) is 27.1 Å². The molecule has 7 heterocycles. The van der Waals surface area contributed by atoms with E-state index in [9.17, 15) is 65.6 Å². The molecule has 592 valence electrons. The fourth-order valence-corrected chi connectivity index (χ4v) is 9.11. The third-order valence-corrected chi connectivity index (χ3v) is 14.7. The molecule has 6 aromatic heterocycles. The molecular formula is C81H87BF6N13O12+. The van der Waals surface area contributed by atoms with Gasteiger partial charge in [-0.1, -0.05) is 157 Å². The van der Waals surface area contributed by atoms with Crippen molar-refractivity contribution in [3.8, 4) is 11.5 Å². The van der Waals surface area contributed by atoms with Crippen LogP contribution in [0.15, 0.2) is 302 Å². The summed E-state index contributed by atoms with van der Waals surface area (Å²) in [5.74, 6) is -5.99. The second-order valence-corrected chi connectivity index (χ2v) is 25.6. The zero-order chi connectivity index (χ0) is 84.0. The molecule has 0 saturated carbocycles. The number of aromatic carboxylic acids is 1. The number of anilines is 1. The standard InChI is InChI=1S/C15H12O2.C12H14BN8.C11H20O2.C10H10N2.C9H7NO.C8H9NO.C6H5NO2.C5H2F6O2.C5H8O2/c16-14(12-7-3-1-4-8-12)11-15(17)13-9-5-2-6-10-13;1-5-14-18(9-1)13(19-10-2-6-15-19,20-11-3-7-16-20)21-12-4-8-17-21;1-10(2,3)8(12)7-9(13)11(4,5)6;1-11-9-6-2-4-8-5-3-7-12-10(8)9;11-8-5-1-3-7-4-2-6-10-9(7)8;1-9-6-7-4-2-3-5-8(7)10;8-6(9)5-3-1-2-4-7-5;6-4(7,8)2(12)1-3(13)5(9,10)11;1-4(6)3-5(2)7/h1-11,16H;1-12,14,19H;7,12H,1-6H3;2-7,11H,1H3;1-6,11H;2-6,10H,1H3;1-4H,(H,8,9);1,12H;3,6H,1-2H3/q;+1;;;;;;;/b14-11-;;8-7-;;;;;2-1-;4-3-. The number of carboxylic acids is 1. The van der Waals surface area contributed by atoms with E-state index in [-0.39, 0.29) is 57.2 Å². The quantitative estimate of drug-likeness (QED) is 0.0128. The van der Waals surface area contributed by atoms with Crippen LogP contribution in [0.2, 0.25) is 0 Å². The number of para-hydroxylation sites is 3. The molecule has 11 aromatic rings. The van der Waals surface area contributed by atoms with Gasteiger partial charge in [-0.2, -0.15) is 26.3 Å². The summed E-state index contributed by atoms with van der Waals surface area (Å²) in [7, 11) is 3.58. The molecule has 32 heteroatoms. The average molecular weight is 1560 g/mol. The lowest BCUT2D eigenvalue weighted by atomic mass is 9.74. The van der Waals surface area contributed by atoms with Crippen molar-refractivity contribution in [2.24, 2.45) is 20.9 Å². The zero-order valence-electron chi connectivity index (χ0n) is 63.1. The first-order valence-corrected chi connectivity index (χ1v) is 34.0. The van der Waals surface area contributed by atoms with Crippen LogP contribution in [-0.2, 0) is 14.4 Å². The van der Waals surface area contributed by atoms with E-state index in [1.165, 1.54) is 49.7 Å². The second kappa shape index (κ2) is 44.5. The highest BCUT2D eigenvalue weighted by molar-refractivity contribution is 6.59. The number of phenols is 2. The second-order valence-electron chi connectivity index (χ2n) is 25.6. The fourth-order valence-electron chi connectivity index (χ4n) is 9.11. The number of aliphatic hydroxyl groups excluding tert-OH is 4. The number of hydrogen-bond donors (Lipinski definition) is 10. The number of fused-ring (bicyclic) bond motifs is 2. The van der Waals surface area contributed by atoms with Gasteiger partial charge >= 0.3 is 25.0 Å². The highest BCUT2D eigenvalue weighted by Crippen LogP contribution is 2.27. The molecule has 0 aliphatic carbocycles. The van der Waals surface area contributed by atoms with Crippen molar-refractivity contribution >= 4 is 81.5 Å². The van der Waals surface area contributed by atoms with Gasteiger partial charge < -0.3 is 41.1 Å². The summed E-state index contributed by atoms with van der Waals surface area (Å²) in [6, 6.07) is 54.7. The molecule has 1 unspecified atom stereocenters. The Bertz CT molecular complexity index is 4870. The Kier molecular flexibility index (Phi) is 36.1. The molecule has 5 aromatic carbocycles. The predicted molar refractivity (Wildman–Crippen MR) is 421 cm³/mol. The van der Waals surface area contributed by atoms with E-state index < -0.39 is 48.0 Å². The summed E-state index contributed by atoms with van der Waals surface area (Å²) in [6.45, 7) is 12.3. The summed E-state index contributed by atoms with van der Waals surface area (Å²) >= 11 is 0. The Hall–Kier alpha value is -13.9. The third kappa shape index (κ3) is 30.6. The number of allylic oxidation sites excluding steroid dienone is 8. The number of aromatic nitrogens is 9. The minimum Gasteiger partial charge on any atom is -0.512 e. The minimum atomic E-state index is -5.42. The van der Waals surface area contributed by atoms with Gasteiger partial charge in [-0.25, -0.2) is 29.7 Å². The zero-order valence-corrected chi connectivity index (χ0v) is 63.1. The van der Waals surface area contributed by atoms with Crippen LogP contribution in [0.5, 0.6) is 11.5 Å². The van der Waals surface area contributed by atoms with Crippen molar-refractivity contribution < 1.29 is 95.6 Å². The third-order valence-electron chi connectivity index (χ3n) is 14.7. The van der Waals surface area contributed by atoms with E-state index >= 15 is 0 Å². The Balaban J connectivity index is 0.000000273. The fraction of sp³-hybridized carbons (Fsp3) is 0.173. The SMILES string of the molecule is C1=C[NH+]([B-](n2cccn2)(n2cccn2)[n+]2ccc[nH]2)N=C1.CC(=O)/C=C(/C)O.CC(C)(C)C(=O)/C=C(\O)C(C)(C)C.CN=Cc1ccccc1O.CNc1cccc2cccnc12.O=C(/C=C(\O)C(F)(F)F)C(F)(F)F.O=C(/C=C(\O)c1ccccc1)c1ccccc1.O=C(O)c1ccccn1.Oc1cccc2cccnc12. The van der Waals surface area contributed by atoms with Gasteiger partial charge in [0.15, 0.2) is 17.3 Å². The highest BCUT2D eigenvalue weighted by Gasteiger charge is 2.61. The number of H-pyrrole nitrogens is 1. The predicted octanol–water partition coefficient (Wildman–Crippen LogP) is 14.6. The number of rotatable bonds is 13. The maximum atomic E-state index is 11.8. The van der Waals surface area contributed by atoms with Crippen LogP contribution in [0.25, 0.3) is 27.6 Å². The first-order valence-electron chi connectivity index (χ1n) is 34.0. The lowest BCUT2D eigenvalue weighted by Gasteiger charge is -2.31. The number of aliphatic hydroxyl groups is 4. The van der Waals surface area contributed by atoms with Gasteiger partial charge in [-0.3, -0.25) is 48.2 Å². The number of hydrogen-bond acceptors (Lipinski definition) is 19. The first-order chi connectivity index (χ1) is 53.4. The largest absolute Gasteiger partial charge is 0.779 e. The Labute approximate surface area is 647 Å². The topological polar surface area (TPSA) is 362 Å². The lowest BCUT2D eigenvalue weighted by Crippen LogP contribution is -3.24. The van der Waals surface area contributed by atoms with E-state index in [1.807, 2.05) is 197 Å². The smallest absolute Gasteiger partial charge is 0.512 e. The van der Waals surface area contributed by atoms with Crippen molar-refractivity contribution in [1.29, 1.82) is 0 Å². The number of alkyl halides is 6. The first kappa shape index (κ1) is 91.5. The van der Waals surface area contributed by atoms with Crippen LogP contribution < -0.4 is 14.8 Å². The molecule has 0 spiro atoms. The number of carbonyl (C=O) groups excluding carboxylic acids is 4. The normalized spacial score (nSPS) is 12.7. The number of benzene rings is 5. The van der Waals surface area contributed by atoms with Crippen LogP contribution in [0, 0.1) is 10.8 Å². The number of aromatic hydroxyl groups is 2. The Morgan fingerprint density at radius 3 is 1.50 bits per heavy atom. The minimum absolute atomic E-state index is 0.0144. The highest BCUT2D eigenvalue weighted by atomic mass is 19.4. The number of carboxylic acid groups (broad SMARTS) is 1. The molecule has 0 amide bonds. The van der Waals surface area contributed by atoms with Crippen LogP contribution in [0.3, 0.4) is 0 Å². The van der Waals surface area contributed by atoms with Crippen LogP contribution >= 0.6 is 0 Å². The van der Waals surface area contributed by atoms with E-state index in [0.29, 0.717) is 16.6 Å². The number of nitrogens with one attached hydrogen (secondary N) is 3. The molecule has 1 atom stereocenters. The van der Waals surface area contributed by atoms with Gasteiger partial charge in [-0.05, 0) is 86.9 Å². The summed E-state index contributed by atoms with van der Waals surface area (Å²) < 4.78 is 73.8. The Morgan fingerprint density at radius 2 is 1.07 bits per heavy atom. The number of halogens is 6. The van der Waals surface area contributed by atoms with E-state index in [2.05, 4.69) is 57.8 Å². The number of ketones is 4. The number of aliphatic imine (C=N–C) groups is 1. The number of pyridine rings is 3. The molecule has 0 radical (unpaired) electrons. The molecule has 113 heavy (non-hydrogen) atoms. The van der Waals surface area contributed by atoms with Crippen LogP contribution in [-0.4, -0.2) is 150 Å². The molecule has 1 aliphatic heterocycles. The van der Waals surface area contributed by atoms with Gasteiger partial charge in [-0.15, -0.1) is 5.10 Å². The van der Waals surface area contributed by atoms with E-state index in [1.54, 1.807) is 111 Å². The molecule has 25 nitrogen and oxygen atoms in total. The molecule has 0 fully saturated rings. The number of nitrogens with zero attached hydrogens (tertiary/aromatic N) is 10. The number of phenolic OH excluding ortho intramolecular Hbond substituents is 2. The Morgan fingerprint density at radius 1 is 0.549 bits per heavy atom. The lowest BCUT2D eigenvalue weighted by molar-refractivity contribution is -0.831. The van der Waals surface area contributed by atoms with Crippen molar-refractivity contribution in [2.45, 2.75) is 67.7 Å². The van der Waals surface area contributed by atoms with Crippen LogP contribution in [0.4, 0.5) is 32.0 Å². The van der Waals surface area contributed by atoms with Crippen molar-refractivity contribution in [2.75, 3.05) is 19.4 Å². The molecule has 12 rings (SSSR count). The molecule has 1 aliphatic rings. The van der Waals surface area contributed by atoms with Gasteiger partial charge in [0.1, 0.15) is 40.4 Å². The monoisotopic (exact) mass is 1560 g/mol. The molecule has 0 bridgehead atoms. The molecule has 10 N–H and O–H groups in total. The summed E-state index contributed by atoms with van der Waals surface area (Å²) in [5, 5.41) is 84.3. The number of carbonyl (C=O) groups is 5.